The molecule has 2 fully saturated rings. The zero-order valence-corrected chi connectivity index (χ0v) is 21.1. The third-order valence-electron chi connectivity index (χ3n) is 7.01. The van der Waals surface area contributed by atoms with E-state index >= 15 is 0 Å². The number of rotatable bonds is 9. The highest BCUT2D eigenvalue weighted by atomic mass is 31.2. The molecular formula is C28H40NO3P. The molecule has 2 aromatic carbocycles. The van der Waals surface area contributed by atoms with Gasteiger partial charge in [-0.25, -0.2) is 0 Å². The third kappa shape index (κ3) is 6.72. The molecule has 0 spiro atoms. The summed E-state index contributed by atoms with van der Waals surface area (Å²) >= 11 is 0. The molecule has 0 bridgehead atoms. The van der Waals surface area contributed by atoms with Crippen LogP contribution in [0, 0.1) is 0 Å². The molecule has 180 valence electrons. The first-order chi connectivity index (χ1) is 16.0. The van der Waals surface area contributed by atoms with Crippen molar-refractivity contribution in [3.05, 3.63) is 65.7 Å². The van der Waals surface area contributed by atoms with E-state index in [0.29, 0.717) is 5.92 Å². The van der Waals surface area contributed by atoms with Gasteiger partial charge in [0.1, 0.15) is 0 Å². The maximum absolute atomic E-state index is 14.8. The molecular weight excluding hydrogens is 429 g/mol. The van der Waals surface area contributed by atoms with Crippen LogP contribution in [0.2, 0.25) is 0 Å². The van der Waals surface area contributed by atoms with E-state index in [0.717, 1.165) is 62.6 Å². The van der Waals surface area contributed by atoms with Crippen molar-refractivity contribution in [1.82, 2.24) is 0 Å². The highest BCUT2D eigenvalue weighted by Gasteiger charge is 2.42. The summed E-state index contributed by atoms with van der Waals surface area (Å²) < 4.78 is 27.8. The van der Waals surface area contributed by atoms with Crippen LogP contribution in [0.4, 0.5) is 5.69 Å². The van der Waals surface area contributed by atoms with Gasteiger partial charge in [-0.05, 0) is 54.9 Å². The van der Waals surface area contributed by atoms with E-state index in [9.17, 15) is 4.57 Å². The van der Waals surface area contributed by atoms with Crippen molar-refractivity contribution in [1.29, 1.82) is 0 Å². The van der Waals surface area contributed by atoms with Crippen LogP contribution in [-0.2, 0) is 13.6 Å². The minimum absolute atomic E-state index is 0.00295. The van der Waals surface area contributed by atoms with Crippen molar-refractivity contribution in [3.63, 3.8) is 0 Å². The van der Waals surface area contributed by atoms with Crippen LogP contribution in [0.1, 0.15) is 101 Å². The molecule has 5 heteroatoms. The van der Waals surface area contributed by atoms with E-state index in [2.05, 4.69) is 43.4 Å². The zero-order valence-electron chi connectivity index (χ0n) is 20.2. The van der Waals surface area contributed by atoms with Gasteiger partial charge in [-0.1, -0.05) is 94.8 Å². The SMILES string of the molecule is CC(C)c1ccc(C(Nc2ccccc2)P(=O)(OC2CCCCC2)OC2CCCCC2)cc1. The van der Waals surface area contributed by atoms with E-state index in [4.69, 9.17) is 9.05 Å². The maximum atomic E-state index is 14.8. The van der Waals surface area contributed by atoms with Crippen LogP contribution in [-0.4, -0.2) is 12.2 Å². The van der Waals surface area contributed by atoms with Gasteiger partial charge in [-0.15, -0.1) is 0 Å². The van der Waals surface area contributed by atoms with Crippen molar-refractivity contribution in [3.8, 4) is 0 Å². The van der Waals surface area contributed by atoms with Crippen molar-refractivity contribution < 1.29 is 13.6 Å². The van der Waals surface area contributed by atoms with Gasteiger partial charge in [0.2, 0.25) is 0 Å². The van der Waals surface area contributed by atoms with Crippen LogP contribution in [0.3, 0.4) is 0 Å². The van der Waals surface area contributed by atoms with Gasteiger partial charge in [0.15, 0.2) is 5.78 Å². The molecule has 4 rings (SSSR count). The molecule has 0 heterocycles. The number of nitrogens with one attached hydrogen (secondary N) is 1. The molecule has 2 saturated carbocycles. The second kappa shape index (κ2) is 11.7. The van der Waals surface area contributed by atoms with Gasteiger partial charge in [0.25, 0.3) is 0 Å². The van der Waals surface area contributed by atoms with Crippen molar-refractivity contribution in [2.24, 2.45) is 0 Å². The van der Waals surface area contributed by atoms with Crippen LogP contribution >= 0.6 is 7.60 Å². The number of para-hydroxylation sites is 1. The van der Waals surface area contributed by atoms with Gasteiger partial charge in [-0.3, -0.25) is 4.57 Å². The summed E-state index contributed by atoms with van der Waals surface area (Å²) in [6.45, 7) is 4.38. The Labute approximate surface area is 200 Å². The minimum Gasteiger partial charge on any atom is -0.368 e. The number of benzene rings is 2. The first-order valence-corrected chi connectivity index (χ1v) is 14.5. The minimum atomic E-state index is -3.50. The predicted molar refractivity (Wildman–Crippen MR) is 137 cm³/mol. The number of anilines is 1. The van der Waals surface area contributed by atoms with Crippen molar-refractivity contribution in [2.45, 2.75) is 102 Å². The fraction of sp³-hybridized carbons (Fsp3) is 0.571. The summed E-state index contributed by atoms with van der Waals surface area (Å²) in [5.74, 6) is -0.0895. The van der Waals surface area contributed by atoms with E-state index in [1.54, 1.807) is 0 Å². The predicted octanol–water partition coefficient (Wildman–Crippen LogP) is 8.81. The average molecular weight is 470 g/mol. The number of hydrogen-bond donors (Lipinski definition) is 1. The lowest BCUT2D eigenvalue weighted by Crippen LogP contribution is -2.25. The molecule has 0 aliphatic heterocycles. The van der Waals surface area contributed by atoms with Gasteiger partial charge in [0, 0.05) is 5.69 Å². The lowest BCUT2D eigenvalue weighted by Gasteiger charge is -2.36. The molecule has 0 saturated heterocycles. The van der Waals surface area contributed by atoms with Gasteiger partial charge in [0.05, 0.1) is 12.2 Å². The molecule has 1 unspecified atom stereocenters. The van der Waals surface area contributed by atoms with E-state index in [1.165, 1.54) is 18.4 Å². The fourth-order valence-electron chi connectivity index (χ4n) is 5.00. The Kier molecular flexibility index (Phi) is 8.68. The van der Waals surface area contributed by atoms with Crippen LogP contribution in [0.25, 0.3) is 0 Å². The second-order valence-electron chi connectivity index (χ2n) is 10.0. The highest BCUT2D eigenvalue weighted by molar-refractivity contribution is 7.54. The standard InChI is InChI=1S/C28H40NO3P/c1-22(2)23-18-20-24(21-19-23)28(29-25-12-6-3-7-13-25)33(30,31-26-14-8-4-9-15-26)32-27-16-10-5-11-17-27/h3,6-7,12-13,18-22,26-29H,4-5,8-11,14-17H2,1-2H3. The normalized spacial score (nSPS) is 19.5. The summed E-state index contributed by atoms with van der Waals surface area (Å²) in [5, 5.41) is 3.55. The first kappa shape index (κ1) is 24.5. The molecule has 1 atom stereocenters. The molecule has 0 radical (unpaired) electrons. The summed E-state index contributed by atoms with van der Waals surface area (Å²) in [7, 11) is -3.50. The quantitative estimate of drug-likeness (QED) is 0.373. The maximum Gasteiger partial charge on any atom is 0.357 e. The second-order valence-corrected chi connectivity index (χ2v) is 12.0. The lowest BCUT2D eigenvalue weighted by atomic mass is 9.98. The van der Waals surface area contributed by atoms with E-state index in [-0.39, 0.29) is 12.2 Å². The Morgan fingerprint density at radius 2 is 1.21 bits per heavy atom. The summed E-state index contributed by atoms with van der Waals surface area (Å²) in [6.07, 6.45) is 10.8. The zero-order chi connectivity index (χ0) is 23.1. The number of hydrogen-bond acceptors (Lipinski definition) is 4. The summed E-state index contributed by atoms with van der Waals surface area (Å²) in [5.41, 5.74) is 3.15. The molecule has 2 aliphatic carbocycles. The van der Waals surface area contributed by atoms with Gasteiger partial charge in [-0.2, -0.15) is 0 Å². The van der Waals surface area contributed by atoms with Gasteiger partial charge < -0.3 is 14.4 Å². The molecule has 2 aliphatic rings. The van der Waals surface area contributed by atoms with Gasteiger partial charge >= 0.3 is 7.60 Å². The average Bonchev–Trinajstić information content (AvgIpc) is 2.84. The highest BCUT2D eigenvalue weighted by Crippen LogP contribution is 2.64. The lowest BCUT2D eigenvalue weighted by molar-refractivity contribution is 0.0758. The molecule has 0 aromatic heterocycles. The van der Waals surface area contributed by atoms with Crippen LogP contribution in [0.15, 0.2) is 54.6 Å². The Morgan fingerprint density at radius 3 is 1.70 bits per heavy atom. The van der Waals surface area contributed by atoms with E-state index in [1.807, 2.05) is 30.3 Å². The fourth-order valence-corrected chi connectivity index (χ4v) is 7.39. The molecule has 1 N–H and O–H groups in total. The Hall–Kier alpha value is -1.61. The first-order valence-electron chi connectivity index (χ1n) is 12.9. The monoisotopic (exact) mass is 469 g/mol. The molecule has 0 amide bonds. The summed E-state index contributed by atoms with van der Waals surface area (Å²) in [6, 6.07) is 18.5. The third-order valence-corrected chi connectivity index (χ3v) is 9.25. The Morgan fingerprint density at radius 1 is 0.727 bits per heavy atom. The van der Waals surface area contributed by atoms with Crippen LogP contribution < -0.4 is 5.32 Å². The largest absolute Gasteiger partial charge is 0.368 e. The van der Waals surface area contributed by atoms with Crippen LogP contribution in [0.5, 0.6) is 0 Å². The van der Waals surface area contributed by atoms with Crippen molar-refractivity contribution >= 4 is 13.3 Å². The molecule has 4 nitrogen and oxygen atoms in total. The topological polar surface area (TPSA) is 47.6 Å². The molecule has 2 aromatic rings. The summed E-state index contributed by atoms with van der Waals surface area (Å²) in [4.78, 5) is 0. The van der Waals surface area contributed by atoms with E-state index < -0.39 is 13.4 Å². The Balaban J connectivity index is 1.68. The smallest absolute Gasteiger partial charge is 0.357 e. The molecule has 33 heavy (non-hydrogen) atoms. The Bertz CT molecular complexity index is 863. The van der Waals surface area contributed by atoms with Crippen molar-refractivity contribution in [2.75, 3.05) is 5.32 Å².